The van der Waals surface area contributed by atoms with Crippen LogP contribution in [0.15, 0.2) is 12.4 Å². The SMILES string of the molecule is Cc1cc(Cl)n2ncnc(N3CC4(CC(N(CC(=O)O)S(N)(=O)=O)C4)C3)c12. The van der Waals surface area contributed by atoms with E-state index in [1.165, 1.54) is 6.33 Å². The fourth-order valence-electron chi connectivity index (χ4n) is 4.27. The Bertz CT molecular complexity index is 1020. The van der Waals surface area contributed by atoms with Crippen LogP contribution in [-0.2, 0) is 15.0 Å². The van der Waals surface area contributed by atoms with Crippen molar-refractivity contribution >= 4 is 39.1 Å². The third kappa shape index (κ3) is 3.04. The molecular formula is C15H19ClN6O4S. The molecule has 0 radical (unpaired) electrons. The monoisotopic (exact) mass is 414 g/mol. The van der Waals surface area contributed by atoms with Gasteiger partial charge in [-0.2, -0.15) is 17.8 Å². The molecule has 4 rings (SSSR count). The smallest absolute Gasteiger partial charge is 0.318 e. The van der Waals surface area contributed by atoms with Crippen molar-refractivity contribution in [3.63, 3.8) is 0 Å². The summed E-state index contributed by atoms with van der Waals surface area (Å²) in [5, 5.41) is 18.8. The fraction of sp³-hybridized carbons (Fsp3) is 0.533. The largest absolute Gasteiger partial charge is 0.480 e. The minimum absolute atomic E-state index is 0.0433. The molecule has 12 heteroatoms. The molecule has 0 aromatic carbocycles. The molecule has 1 saturated carbocycles. The summed E-state index contributed by atoms with van der Waals surface area (Å²) in [5.74, 6) is -0.429. The van der Waals surface area contributed by atoms with Crippen molar-refractivity contribution in [1.82, 2.24) is 18.9 Å². The van der Waals surface area contributed by atoms with Crippen LogP contribution in [0.2, 0.25) is 5.15 Å². The highest BCUT2D eigenvalue weighted by Gasteiger charge is 2.56. The second kappa shape index (κ2) is 6.03. The van der Waals surface area contributed by atoms with Crippen molar-refractivity contribution in [1.29, 1.82) is 0 Å². The third-order valence-corrected chi connectivity index (χ3v) is 6.75. The summed E-state index contributed by atoms with van der Waals surface area (Å²) in [6.07, 6.45) is 2.61. The van der Waals surface area contributed by atoms with Crippen molar-refractivity contribution < 1.29 is 18.3 Å². The van der Waals surface area contributed by atoms with Gasteiger partial charge in [0, 0.05) is 24.5 Å². The number of carbonyl (C=O) groups is 1. The van der Waals surface area contributed by atoms with Crippen LogP contribution in [0.25, 0.3) is 5.52 Å². The summed E-state index contributed by atoms with van der Waals surface area (Å²) in [7, 11) is -4.05. The van der Waals surface area contributed by atoms with Gasteiger partial charge in [0.25, 0.3) is 10.2 Å². The van der Waals surface area contributed by atoms with Crippen LogP contribution in [-0.4, -0.2) is 64.1 Å². The zero-order chi connectivity index (χ0) is 19.6. The number of aliphatic carboxylic acids is 1. The number of carboxylic acids is 1. The molecule has 3 heterocycles. The number of fused-ring (bicyclic) bond motifs is 1. The zero-order valence-electron chi connectivity index (χ0n) is 14.5. The quantitative estimate of drug-likeness (QED) is 0.716. The second-order valence-corrected chi connectivity index (χ2v) is 9.28. The summed E-state index contributed by atoms with van der Waals surface area (Å²) >= 11 is 6.18. The van der Waals surface area contributed by atoms with E-state index < -0.39 is 22.7 Å². The van der Waals surface area contributed by atoms with Crippen molar-refractivity contribution in [3.8, 4) is 0 Å². The predicted octanol–water partition coefficient (Wildman–Crippen LogP) is 0.250. The van der Waals surface area contributed by atoms with Gasteiger partial charge in [0.2, 0.25) is 0 Å². The van der Waals surface area contributed by atoms with Crippen LogP contribution < -0.4 is 10.0 Å². The number of halogens is 1. The Kier molecular flexibility index (Phi) is 4.11. The van der Waals surface area contributed by atoms with E-state index in [0.29, 0.717) is 31.1 Å². The lowest BCUT2D eigenvalue weighted by Crippen LogP contribution is -2.68. The second-order valence-electron chi connectivity index (χ2n) is 7.40. The van der Waals surface area contributed by atoms with Gasteiger partial charge < -0.3 is 10.0 Å². The van der Waals surface area contributed by atoms with Gasteiger partial charge in [-0.25, -0.2) is 14.6 Å². The van der Waals surface area contributed by atoms with Gasteiger partial charge in [0.1, 0.15) is 23.5 Å². The van der Waals surface area contributed by atoms with E-state index in [0.717, 1.165) is 21.2 Å². The minimum Gasteiger partial charge on any atom is -0.480 e. The highest BCUT2D eigenvalue weighted by atomic mass is 35.5. The van der Waals surface area contributed by atoms with Crippen molar-refractivity contribution in [2.24, 2.45) is 10.6 Å². The number of nitrogens with two attached hydrogens (primary N) is 1. The molecule has 2 fully saturated rings. The number of hydrogen-bond donors (Lipinski definition) is 2. The minimum atomic E-state index is -4.05. The van der Waals surface area contributed by atoms with E-state index in [-0.39, 0.29) is 11.5 Å². The van der Waals surface area contributed by atoms with Gasteiger partial charge >= 0.3 is 5.97 Å². The maximum absolute atomic E-state index is 11.7. The lowest BCUT2D eigenvalue weighted by molar-refractivity contribution is -0.138. The first-order valence-electron chi connectivity index (χ1n) is 8.35. The summed E-state index contributed by atoms with van der Waals surface area (Å²) in [5.41, 5.74) is 1.79. The normalized spacial score (nSPS) is 19.5. The predicted molar refractivity (Wildman–Crippen MR) is 97.9 cm³/mol. The molecule has 2 aromatic heterocycles. The van der Waals surface area contributed by atoms with Crippen molar-refractivity contribution in [2.75, 3.05) is 24.5 Å². The molecule has 1 aliphatic heterocycles. The molecule has 1 aliphatic carbocycles. The number of nitrogens with zero attached hydrogens (tertiary/aromatic N) is 5. The Hall–Kier alpha value is -1.95. The molecule has 27 heavy (non-hydrogen) atoms. The van der Waals surface area contributed by atoms with Gasteiger partial charge in [0.05, 0.1) is 0 Å². The van der Waals surface area contributed by atoms with Crippen LogP contribution in [0.4, 0.5) is 5.82 Å². The van der Waals surface area contributed by atoms with Crippen molar-refractivity contribution in [2.45, 2.75) is 25.8 Å². The topological polar surface area (TPSA) is 134 Å². The highest BCUT2D eigenvalue weighted by Crippen LogP contribution is 2.52. The lowest BCUT2D eigenvalue weighted by Gasteiger charge is -2.60. The van der Waals surface area contributed by atoms with Crippen molar-refractivity contribution in [3.05, 3.63) is 23.1 Å². The van der Waals surface area contributed by atoms with Crippen LogP contribution >= 0.6 is 11.6 Å². The van der Waals surface area contributed by atoms with Gasteiger partial charge in [-0.05, 0) is 31.4 Å². The van der Waals surface area contributed by atoms with E-state index >= 15 is 0 Å². The number of aromatic nitrogens is 3. The van der Waals surface area contributed by atoms with E-state index in [1.54, 1.807) is 4.52 Å². The average molecular weight is 415 g/mol. The van der Waals surface area contributed by atoms with E-state index in [4.69, 9.17) is 21.8 Å². The summed E-state index contributed by atoms with van der Waals surface area (Å²) in [4.78, 5) is 17.4. The fourth-order valence-corrected chi connectivity index (χ4v) is 5.41. The van der Waals surface area contributed by atoms with Crippen LogP contribution in [0.5, 0.6) is 0 Å². The van der Waals surface area contributed by atoms with Gasteiger partial charge in [-0.1, -0.05) is 11.6 Å². The molecule has 0 amide bonds. The number of anilines is 1. The Morgan fingerprint density at radius 3 is 2.74 bits per heavy atom. The number of aryl methyl sites for hydroxylation is 1. The molecular weight excluding hydrogens is 396 g/mol. The third-order valence-electron chi connectivity index (χ3n) is 5.40. The van der Waals surface area contributed by atoms with E-state index in [1.807, 2.05) is 13.0 Å². The Morgan fingerprint density at radius 2 is 2.15 bits per heavy atom. The Balaban J connectivity index is 1.48. The molecule has 0 atom stereocenters. The number of carboxylic acid groups (broad SMARTS) is 1. The summed E-state index contributed by atoms with van der Waals surface area (Å²) < 4.78 is 25.9. The van der Waals surface area contributed by atoms with E-state index in [2.05, 4.69) is 15.0 Å². The molecule has 2 aromatic rings. The first-order chi connectivity index (χ1) is 12.6. The lowest BCUT2D eigenvalue weighted by atomic mass is 9.60. The molecule has 0 bridgehead atoms. The summed E-state index contributed by atoms with van der Waals surface area (Å²) in [6.45, 7) is 2.75. The molecule has 1 saturated heterocycles. The molecule has 0 unspecified atom stereocenters. The molecule has 2 aliphatic rings. The Labute approximate surface area is 160 Å². The highest BCUT2D eigenvalue weighted by molar-refractivity contribution is 7.86. The average Bonchev–Trinajstić information content (AvgIpc) is 2.77. The zero-order valence-corrected chi connectivity index (χ0v) is 16.1. The summed E-state index contributed by atoms with van der Waals surface area (Å²) in [6, 6.07) is 1.45. The molecule has 10 nitrogen and oxygen atoms in total. The van der Waals surface area contributed by atoms with Gasteiger partial charge in [-0.3, -0.25) is 4.79 Å². The van der Waals surface area contributed by atoms with Crippen LogP contribution in [0, 0.1) is 12.3 Å². The maximum atomic E-state index is 11.7. The number of rotatable bonds is 5. The van der Waals surface area contributed by atoms with Crippen LogP contribution in [0.3, 0.4) is 0 Å². The van der Waals surface area contributed by atoms with Gasteiger partial charge in [0.15, 0.2) is 5.82 Å². The first kappa shape index (κ1) is 18.4. The molecule has 3 N–H and O–H groups in total. The maximum Gasteiger partial charge on any atom is 0.318 e. The van der Waals surface area contributed by atoms with E-state index in [9.17, 15) is 13.2 Å². The number of hydrogen-bond acceptors (Lipinski definition) is 6. The van der Waals surface area contributed by atoms with Gasteiger partial charge in [-0.15, -0.1) is 0 Å². The molecule has 146 valence electrons. The Morgan fingerprint density at radius 1 is 1.48 bits per heavy atom. The standard InChI is InChI=1S/C15H19ClN6O4S/c1-9-2-11(16)22-13(9)14(18-8-19-22)20-6-15(7-20)3-10(4-15)21(5-12(23)24)27(17,25)26/h2,8,10H,3-7H2,1H3,(H,23,24)(H2,17,25,26). The first-order valence-corrected chi connectivity index (χ1v) is 10.2. The van der Waals surface area contributed by atoms with Crippen LogP contribution in [0.1, 0.15) is 18.4 Å². The molecule has 1 spiro atoms.